The summed E-state index contributed by atoms with van der Waals surface area (Å²) in [5.41, 5.74) is 2.12. The lowest BCUT2D eigenvalue weighted by molar-refractivity contribution is -0.128. The number of hydrogen-bond donors (Lipinski definition) is 1. The van der Waals surface area contributed by atoms with Crippen LogP contribution in [0.25, 0.3) is 16.6 Å². The average molecular weight is 367 g/mol. The molecule has 0 saturated carbocycles. The topological polar surface area (TPSA) is 88.7 Å². The van der Waals surface area contributed by atoms with Crippen LogP contribution >= 0.6 is 0 Å². The number of aryl methyl sites for hydroxylation is 1. The Kier molecular flexibility index (Phi) is 4.18. The highest BCUT2D eigenvalue weighted by atomic mass is 16.2. The van der Waals surface area contributed by atoms with Crippen molar-refractivity contribution in [3.05, 3.63) is 46.4 Å². The Morgan fingerprint density at radius 1 is 1.30 bits per heavy atom. The summed E-state index contributed by atoms with van der Waals surface area (Å²) in [6, 6.07) is 9.69. The number of carbonyl (C=O) groups excluding carboxylic acids is 2. The summed E-state index contributed by atoms with van der Waals surface area (Å²) in [7, 11) is 1.69. The molecule has 8 heteroatoms. The molecule has 3 aromatic rings. The zero-order chi connectivity index (χ0) is 19.1. The molecule has 3 heterocycles. The van der Waals surface area contributed by atoms with Gasteiger partial charge in [0, 0.05) is 26.6 Å². The molecule has 1 aliphatic heterocycles. The number of nitrogens with zero attached hydrogens (tertiary/aromatic N) is 4. The standard InChI is InChI=1S/C19H21N5O3/c1-12-9-13-5-3-4-6-15(13)24-17(12)21-23(19(24)27)8-7-20-18(26)14-10-16(25)22(2)11-14/h3-6,9,14H,7-8,10-11H2,1-2H3,(H,20,26)/t14-/m0/s1. The van der Waals surface area contributed by atoms with Gasteiger partial charge in [0.2, 0.25) is 11.8 Å². The van der Waals surface area contributed by atoms with Crippen LogP contribution in [0.5, 0.6) is 0 Å². The van der Waals surface area contributed by atoms with Gasteiger partial charge in [0.15, 0.2) is 5.65 Å². The molecule has 2 aromatic heterocycles. The minimum Gasteiger partial charge on any atom is -0.354 e. The van der Waals surface area contributed by atoms with E-state index in [2.05, 4.69) is 10.4 Å². The molecule has 1 aromatic carbocycles. The highest BCUT2D eigenvalue weighted by molar-refractivity contribution is 5.89. The smallest absolute Gasteiger partial charge is 0.350 e. The van der Waals surface area contributed by atoms with E-state index in [0.717, 1.165) is 16.5 Å². The first-order valence-electron chi connectivity index (χ1n) is 8.95. The Balaban J connectivity index is 1.53. The largest absolute Gasteiger partial charge is 0.354 e. The molecule has 8 nitrogen and oxygen atoms in total. The molecule has 4 rings (SSSR count). The Morgan fingerprint density at radius 3 is 2.81 bits per heavy atom. The maximum absolute atomic E-state index is 12.8. The number of para-hydroxylation sites is 1. The lowest BCUT2D eigenvalue weighted by Crippen LogP contribution is -2.36. The summed E-state index contributed by atoms with van der Waals surface area (Å²) in [6.07, 6.45) is 0.238. The van der Waals surface area contributed by atoms with Crippen LogP contribution in [-0.2, 0) is 16.1 Å². The summed E-state index contributed by atoms with van der Waals surface area (Å²) < 4.78 is 2.98. The van der Waals surface area contributed by atoms with Gasteiger partial charge >= 0.3 is 5.69 Å². The van der Waals surface area contributed by atoms with E-state index in [1.807, 2.05) is 37.3 Å². The van der Waals surface area contributed by atoms with Crippen molar-refractivity contribution in [3.8, 4) is 0 Å². The molecule has 0 aliphatic carbocycles. The fraction of sp³-hybridized carbons (Fsp3) is 0.368. The molecule has 0 spiro atoms. The van der Waals surface area contributed by atoms with Crippen LogP contribution in [-0.4, -0.2) is 51.0 Å². The van der Waals surface area contributed by atoms with Gasteiger partial charge in [-0.25, -0.2) is 13.9 Å². The number of nitrogens with one attached hydrogen (secondary N) is 1. The van der Waals surface area contributed by atoms with Gasteiger partial charge in [-0.15, -0.1) is 5.10 Å². The summed E-state index contributed by atoms with van der Waals surface area (Å²) >= 11 is 0. The van der Waals surface area contributed by atoms with E-state index >= 15 is 0 Å². The zero-order valence-corrected chi connectivity index (χ0v) is 15.3. The number of hydrogen-bond acceptors (Lipinski definition) is 4. The Morgan fingerprint density at radius 2 is 2.07 bits per heavy atom. The molecule has 1 aliphatic rings. The van der Waals surface area contributed by atoms with Crippen LogP contribution in [0, 0.1) is 12.8 Å². The molecule has 2 amide bonds. The van der Waals surface area contributed by atoms with Crippen molar-refractivity contribution in [2.75, 3.05) is 20.1 Å². The normalized spacial score (nSPS) is 17.2. The zero-order valence-electron chi connectivity index (χ0n) is 15.3. The van der Waals surface area contributed by atoms with Gasteiger partial charge in [-0.3, -0.25) is 9.59 Å². The molecule has 1 fully saturated rings. The fourth-order valence-corrected chi connectivity index (χ4v) is 3.61. The van der Waals surface area contributed by atoms with Crippen LogP contribution in [0.3, 0.4) is 0 Å². The number of pyridine rings is 1. The monoisotopic (exact) mass is 367 g/mol. The van der Waals surface area contributed by atoms with Gasteiger partial charge in [0.05, 0.1) is 18.0 Å². The highest BCUT2D eigenvalue weighted by Gasteiger charge is 2.31. The van der Waals surface area contributed by atoms with Crippen molar-refractivity contribution in [1.82, 2.24) is 24.4 Å². The average Bonchev–Trinajstić information content (AvgIpc) is 3.16. The van der Waals surface area contributed by atoms with Crippen LogP contribution in [0.1, 0.15) is 12.0 Å². The minimum atomic E-state index is -0.327. The Bertz CT molecular complexity index is 1110. The molecule has 140 valence electrons. The third-order valence-electron chi connectivity index (χ3n) is 5.08. The van der Waals surface area contributed by atoms with Crippen molar-refractivity contribution in [1.29, 1.82) is 0 Å². The first-order valence-corrected chi connectivity index (χ1v) is 8.95. The quantitative estimate of drug-likeness (QED) is 0.729. The van der Waals surface area contributed by atoms with E-state index < -0.39 is 0 Å². The van der Waals surface area contributed by atoms with Crippen molar-refractivity contribution in [3.63, 3.8) is 0 Å². The number of aromatic nitrogens is 3. The van der Waals surface area contributed by atoms with Crippen LogP contribution in [0.2, 0.25) is 0 Å². The summed E-state index contributed by atoms with van der Waals surface area (Å²) in [5.74, 6) is -0.508. The SMILES string of the molecule is Cc1cc2ccccc2n2c(=O)n(CCNC(=O)[C@H]3CC(=O)N(C)C3)nc12. The van der Waals surface area contributed by atoms with Crippen molar-refractivity contribution in [2.45, 2.75) is 19.9 Å². The molecular weight excluding hydrogens is 346 g/mol. The third kappa shape index (κ3) is 2.97. The fourth-order valence-electron chi connectivity index (χ4n) is 3.61. The molecule has 1 atom stereocenters. The minimum absolute atomic E-state index is 0.0194. The van der Waals surface area contributed by atoms with E-state index in [1.54, 1.807) is 16.3 Å². The number of fused-ring (bicyclic) bond motifs is 3. The number of benzene rings is 1. The number of amides is 2. The molecule has 0 bridgehead atoms. The van der Waals surface area contributed by atoms with E-state index in [-0.39, 0.29) is 42.9 Å². The van der Waals surface area contributed by atoms with Crippen molar-refractivity contribution < 1.29 is 9.59 Å². The van der Waals surface area contributed by atoms with Crippen LogP contribution in [0.15, 0.2) is 35.1 Å². The molecule has 1 N–H and O–H groups in total. The number of likely N-dealkylation sites (tertiary alicyclic amines) is 1. The van der Waals surface area contributed by atoms with Gasteiger partial charge in [-0.05, 0) is 30.0 Å². The molecule has 0 unspecified atom stereocenters. The van der Waals surface area contributed by atoms with Gasteiger partial charge < -0.3 is 10.2 Å². The maximum atomic E-state index is 12.8. The maximum Gasteiger partial charge on any atom is 0.350 e. The second-order valence-corrected chi connectivity index (χ2v) is 7.02. The first-order chi connectivity index (χ1) is 13.0. The molecule has 27 heavy (non-hydrogen) atoms. The Hall–Kier alpha value is -3.16. The van der Waals surface area contributed by atoms with Crippen molar-refractivity contribution >= 4 is 28.4 Å². The van der Waals surface area contributed by atoms with E-state index in [1.165, 1.54) is 4.68 Å². The van der Waals surface area contributed by atoms with E-state index in [9.17, 15) is 14.4 Å². The second-order valence-electron chi connectivity index (χ2n) is 7.02. The first kappa shape index (κ1) is 17.3. The molecule has 1 saturated heterocycles. The predicted octanol–water partition coefficient (Wildman–Crippen LogP) is 0.552. The number of rotatable bonds is 4. The third-order valence-corrected chi connectivity index (χ3v) is 5.08. The van der Waals surface area contributed by atoms with Crippen LogP contribution in [0.4, 0.5) is 0 Å². The molecular formula is C19H21N5O3. The number of carbonyl (C=O) groups is 2. The van der Waals surface area contributed by atoms with Gasteiger partial charge in [0.25, 0.3) is 0 Å². The Labute approximate surface area is 155 Å². The summed E-state index contributed by atoms with van der Waals surface area (Å²) in [4.78, 5) is 38.1. The predicted molar refractivity (Wildman–Crippen MR) is 100 cm³/mol. The van der Waals surface area contributed by atoms with Gasteiger partial charge in [-0.1, -0.05) is 18.2 Å². The molecule has 0 radical (unpaired) electrons. The van der Waals surface area contributed by atoms with Crippen LogP contribution < -0.4 is 11.0 Å². The van der Waals surface area contributed by atoms with E-state index in [4.69, 9.17) is 0 Å². The summed E-state index contributed by atoms with van der Waals surface area (Å²) in [6.45, 7) is 2.92. The second kappa shape index (κ2) is 6.53. The van der Waals surface area contributed by atoms with E-state index in [0.29, 0.717) is 12.2 Å². The lowest BCUT2D eigenvalue weighted by Gasteiger charge is -2.10. The summed E-state index contributed by atoms with van der Waals surface area (Å²) in [5, 5.41) is 8.22. The lowest BCUT2D eigenvalue weighted by atomic mass is 10.1. The van der Waals surface area contributed by atoms with Crippen molar-refractivity contribution in [2.24, 2.45) is 5.92 Å². The highest BCUT2D eigenvalue weighted by Crippen LogP contribution is 2.18. The van der Waals surface area contributed by atoms with Gasteiger partial charge in [0.1, 0.15) is 0 Å². The van der Waals surface area contributed by atoms with Gasteiger partial charge in [-0.2, -0.15) is 0 Å².